The Balaban J connectivity index is 1.83. The van der Waals surface area contributed by atoms with Gasteiger partial charge in [-0.3, -0.25) is 4.79 Å². The fraction of sp³-hybridized carbons (Fsp3) is 0.278. The molecule has 27 heavy (non-hydrogen) atoms. The number of ether oxygens (including phenoxy) is 2. The third kappa shape index (κ3) is 3.88. The van der Waals surface area contributed by atoms with Crippen molar-refractivity contribution in [1.82, 2.24) is 4.72 Å². The molecule has 1 aliphatic rings. The zero-order chi connectivity index (χ0) is 19.6. The first-order valence-electron chi connectivity index (χ1n) is 8.17. The Kier molecular flexibility index (Phi) is 5.33. The fourth-order valence-electron chi connectivity index (χ4n) is 2.91. The molecule has 1 fully saturated rings. The van der Waals surface area contributed by atoms with E-state index in [1.807, 2.05) is 0 Å². The van der Waals surface area contributed by atoms with Crippen LogP contribution in [0.4, 0.5) is 10.1 Å². The number of nitrogens with zero attached hydrogens (tertiary/aromatic N) is 1. The second kappa shape index (κ2) is 7.53. The molecule has 0 saturated carbocycles. The molecule has 1 saturated heterocycles. The number of hydrogen-bond donors (Lipinski definition) is 1. The van der Waals surface area contributed by atoms with Crippen molar-refractivity contribution in [1.29, 1.82) is 0 Å². The van der Waals surface area contributed by atoms with Gasteiger partial charge in [-0.25, -0.2) is 12.8 Å². The van der Waals surface area contributed by atoms with E-state index < -0.39 is 27.8 Å². The first-order valence-corrected chi connectivity index (χ1v) is 9.65. The molecule has 9 heteroatoms. The molecule has 1 heterocycles. The highest BCUT2D eigenvalue weighted by molar-refractivity contribution is 7.89. The average Bonchev–Trinajstić information content (AvgIpc) is 3.01. The molecule has 1 N–H and O–H groups in total. The van der Waals surface area contributed by atoms with Crippen molar-refractivity contribution >= 4 is 21.6 Å². The minimum Gasteiger partial charge on any atom is -0.497 e. The number of amides is 1. The Morgan fingerprint density at radius 3 is 2.44 bits per heavy atom. The third-order valence-corrected chi connectivity index (χ3v) is 5.79. The van der Waals surface area contributed by atoms with Gasteiger partial charge in [0.25, 0.3) is 0 Å². The normalized spacial score (nSPS) is 17.2. The fourth-order valence-corrected chi connectivity index (χ4v) is 4.32. The van der Waals surface area contributed by atoms with Crippen molar-refractivity contribution in [2.24, 2.45) is 0 Å². The van der Waals surface area contributed by atoms with Crippen molar-refractivity contribution < 1.29 is 27.1 Å². The van der Waals surface area contributed by atoms with E-state index in [2.05, 4.69) is 4.72 Å². The smallest absolute Gasteiger partial charge is 0.245 e. The number of halogens is 1. The second-order valence-corrected chi connectivity index (χ2v) is 7.63. The maximum absolute atomic E-state index is 13.1. The van der Waals surface area contributed by atoms with E-state index in [0.717, 1.165) is 0 Å². The van der Waals surface area contributed by atoms with Crippen LogP contribution in [-0.2, 0) is 14.8 Å². The van der Waals surface area contributed by atoms with E-state index in [1.165, 1.54) is 55.5 Å². The number of rotatable bonds is 6. The number of carbonyl (C=O) groups excluding carboxylic acids is 1. The van der Waals surface area contributed by atoms with Gasteiger partial charge in [-0.2, -0.15) is 4.72 Å². The number of anilines is 1. The molecule has 0 radical (unpaired) electrons. The number of hydrogen-bond acceptors (Lipinski definition) is 5. The summed E-state index contributed by atoms with van der Waals surface area (Å²) in [5.41, 5.74) is 0.516. The number of benzene rings is 2. The average molecular weight is 394 g/mol. The van der Waals surface area contributed by atoms with Gasteiger partial charge in [0, 0.05) is 18.3 Å². The Labute approximate surface area is 156 Å². The molecule has 0 bridgehead atoms. The Morgan fingerprint density at radius 1 is 1.11 bits per heavy atom. The van der Waals surface area contributed by atoms with Crippen molar-refractivity contribution in [3.63, 3.8) is 0 Å². The molecule has 0 spiro atoms. The highest BCUT2D eigenvalue weighted by Gasteiger charge is 2.36. The predicted molar refractivity (Wildman–Crippen MR) is 97.0 cm³/mol. The SMILES string of the molecule is COc1ccc(OC)c(S(=O)(=O)N[C@@H]2CCN(c3ccc(F)cc3)C2=O)c1. The molecule has 0 unspecified atom stereocenters. The summed E-state index contributed by atoms with van der Waals surface area (Å²) in [6.45, 7) is 0.326. The third-order valence-electron chi connectivity index (χ3n) is 4.30. The van der Waals surface area contributed by atoms with Crippen LogP contribution in [0.15, 0.2) is 47.4 Å². The molecule has 7 nitrogen and oxygen atoms in total. The summed E-state index contributed by atoms with van der Waals surface area (Å²) in [6.07, 6.45) is 0.293. The first kappa shape index (κ1) is 19.1. The van der Waals surface area contributed by atoms with Gasteiger partial charge in [-0.1, -0.05) is 0 Å². The van der Waals surface area contributed by atoms with E-state index in [0.29, 0.717) is 24.4 Å². The monoisotopic (exact) mass is 394 g/mol. The molecule has 2 aromatic carbocycles. The zero-order valence-corrected chi connectivity index (χ0v) is 15.6. The number of carbonyl (C=O) groups is 1. The molecular weight excluding hydrogens is 375 g/mol. The maximum atomic E-state index is 13.1. The van der Waals surface area contributed by atoms with E-state index >= 15 is 0 Å². The van der Waals surface area contributed by atoms with Crippen LogP contribution in [-0.4, -0.2) is 41.1 Å². The summed E-state index contributed by atoms with van der Waals surface area (Å²) in [5.74, 6) is -0.314. The van der Waals surface area contributed by atoms with Crippen molar-refractivity contribution in [3.05, 3.63) is 48.3 Å². The number of sulfonamides is 1. The Hall–Kier alpha value is -2.65. The molecule has 1 aliphatic heterocycles. The van der Waals surface area contributed by atoms with Crippen LogP contribution in [0.25, 0.3) is 0 Å². The van der Waals surface area contributed by atoms with Gasteiger partial charge < -0.3 is 14.4 Å². The number of nitrogens with one attached hydrogen (secondary N) is 1. The maximum Gasteiger partial charge on any atom is 0.245 e. The summed E-state index contributed by atoms with van der Waals surface area (Å²) in [6, 6.07) is 8.94. The van der Waals surface area contributed by atoms with Gasteiger partial charge in [0.15, 0.2) is 0 Å². The lowest BCUT2D eigenvalue weighted by atomic mass is 10.3. The van der Waals surface area contributed by atoms with Crippen LogP contribution in [0.2, 0.25) is 0 Å². The van der Waals surface area contributed by atoms with Crippen molar-refractivity contribution in [2.45, 2.75) is 17.4 Å². The Bertz CT molecular complexity index is 947. The van der Waals surface area contributed by atoms with Crippen LogP contribution in [0.3, 0.4) is 0 Å². The van der Waals surface area contributed by atoms with Gasteiger partial charge in [0.2, 0.25) is 15.9 Å². The molecule has 3 rings (SSSR count). The summed E-state index contributed by atoms with van der Waals surface area (Å²) in [4.78, 5) is 13.9. The lowest BCUT2D eigenvalue weighted by Gasteiger charge is -2.18. The molecule has 144 valence electrons. The molecule has 1 atom stereocenters. The van der Waals surface area contributed by atoms with E-state index in [9.17, 15) is 17.6 Å². The molecular formula is C18H19FN2O5S. The van der Waals surface area contributed by atoms with Gasteiger partial charge in [0.1, 0.15) is 28.3 Å². The van der Waals surface area contributed by atoms with Gasteiger partial charge >= 0.3 is 0 Å². The predicted octanol–water partition coefficient (Wildman–Crippen LogP) is 1.93. The topological polar surface area (TPSA) is 84.9 Å². The van der Waals surface area contributed by atoms with Crippen LogP contribution in [0.1, 0.15) is 6.42 Å². The summed E-state index contributed by atoms with van der Waals surface area (Å²) in [7, 11) is -1.24. The number of methoxy groups -OCH3 is 2. The lowest BCUT2D eigenvalue weighted by molar-refractivity contribution is -0.118. The van der Waals surface area contributed by atoms with Gasteiger partial charge in [-0.05, 0) is 42.8 Å². The van der Waals surface area contributed by atoms with Gasteiger partial charge in [0.05, 0.1) is 14.2 Å². The van der Waals surface area contributed by atoms with Crippen LogP contribution >= 0.6 is 0 Å². The van der Waals surface area contributed by atoms with E-state index in [1.54, 1.807) is 6.07 Å². The summed E-state index contributed by atoms with van der Waals surface area (Å²) < 4.78 is 51.3. The quantitative estimate of drug-likeness (QED) is 0.809. The summed E-state index contributed by atoms with van der Waals surface area (Å²) in [5, 5.41) is 0. The van der Waals surface area contributed by atoms with Crippen LogP contribution in [0, 0.1) is 5.82 Å². The lowest BCUT2D eigenvalue weighted by Crippen LogP contribution is -2.41. The van der Waals surface area contributed by atoms with E-state index in [-0.39, 0.29) is 10.6 Å². The standard InChI is InChI=1S/C18H19FN2O5S/c1-25-14-7-8-16(26-2)17(11-14)27(23,24)20-15-9-10-21(18(15)22)13-5-3-12(19)4-6-13/h3-8,11,15,20H,9-10H2,1-2H3/t15-/m1/s1. The largest absolute Gasteiger partial charge is 0.497 e. The highest BCUT2D eigenvalue weighted by Crippen LogP contribution is 2.29. The minimum absolute atomic E-state index is 0.114. The molecule has 2 aromatic rings. The summed E-state index contributed by atoms with van der Waals surface area (Å²) >= 11 is 0. The molecule has 0 aromatic heterocycles. The van der Waals surface area contributed by atoms with Crippen LogP contribution < -0.4 is 19.1 Å². The highest BCUT2D eigenvalue weighted by atomic mass is 32.2. The van der Waals surface area contributed by atoms with Crippen LogP contribution in [0.5, 0.6) is 11.5 Å². The Morgan fingerprint density at radius 2 is 1.81 bits per heavy atom. The van der Waals surface area contributed by atoms with Gasteiger partial charge in [-0.15, -0.1) is 0 Å². The van der Waals surface area contributed by atoms with Crippen molar-refractivity contribution in [2.75, 3.05) is 25.7 Å². The second-order valence-electron chi connectivity index (χ2n) is 5.95. The van der Waals surface area contributed by atoms with Crippen molar-refractivity contribution in [3.8, 4) is 11.5 Å². The molecule has 1 amide bonds. The van der Waals surface area contributed by atoms with E-state index in [4.69, 9.17) is 9.47 Å². The first-order chi connectivity index (χ1) is 12.9. The molecule has 0 aliphatic carbocycles. The minimum atomic E-state index is -4.03. The zero-order valence-electron chi connectivity index (χ0n) is 14.8.